The molecule has 1 rings (SSSR count). The maximum absolute atomic E-state index is 11.3. The van der Waals surface area contributed by atoms with Crippen molar-refractivity contribution >= 4 is 40.5 Å². The molecule has 15 heavy (non-hydrogen) atoms. The fraction of sp³-hybridized carbons (Fsp3) is 0.273. The van der Waals surface area contributed by atoms with Gasteiger partial charge >= 0.3 is 0 Å². The Morgan fingerprint density at radius 3 is 2.87 bits per heavy atom. The quantitative estimate of drug-likeness (QED) is 0.686. The van der Waals surface area contributed by atoms with Crippen LogP contribution in [0.2, 0.25) is 0 Å². The lowest BCUT2D eigenvalue weighted by atomic mass is 10.2. The van der Waals surface area contributed by atoms with E-state index in [4.69, 9.17) is 0 Å². The molecule has 0 aliphatic carbocycles. The summed E-state index contributed by atoms with van der Waals surface area (Å²) in [5.41, 5.74) is 1.11. The summed E-state index contributed by atoms with van der Waals surface area (Å²) >= 11 is 2.12. The Labute approximate surface area is 102 Å². The third kappa shape index (κ3) is 3.62. The molecule has 0 saturated heterocycles. The minimum absolute atomic E-state index is 0.0539. The number of hydrogen-bond acceptors (Lipinski definition) is 2. The maximum atomic E-state index is 11.3. The average molecular weight is 317 g/mol. The molecule has 0 heterocycles. The summed E-state index contributed by atoms with van der Waals surface area (Å²) in [5.74, 6) is -0.0539. The van der Waals surface area contributed by atoms with E-state index in [-0.39, 0.29) is 5.91 Å². The number of carbonyl (C=O) groups is 2. The Morgan fingerprint density at radius 1 is 1.53 bits per heavy atom. The second-order valence-electron chi connectivity index (χ2n) is 3.15. The van der Waals surface area contributed by atoms with Crippen LogP contribution in [0.4, 0.5) is 5.69 Å². The van der Waals surface area contributed by atoms with Gasteiger partial charge in [-0.1, -0.05) is 6.92 Å². The highest BCUT2D eigenvalue weighted by Crippen LogP contribution is 2.17. The molecule has 0 bridgehead atoms. The van der Waals surface area contributed by atoms with Gasteiger partial charge < -0.3 is 5.32 Å². The molecule has 0 aliphatic heterocycles. The van der Waals surface area contributed by atoms with E-state index in [1.54, 1.807) is 12.1 Å². The van der Waals surface area contributed by atoms with Crippen molar-refractivity contribution in [2.75, 3.05) is 5.32 Å². The van der Waals surface area contributed by atoms with E-state index in [2.05, 4.69) is 27.9 Å². The van der Waals surface area contributed by atoms with Crippen molar-refractivity contribution in [1.82, 2.24) is 0 Å². The molecule has 3 nitrogen and oxygen atoms in total. The highest BCUT2D eigenvalue weighted by atomic mass is 127. The van der Waals surface area contributed by atoms with Crippen molar-refractivity contribution in [3.63, 3.8) is 0 Å². The van der Waals surface area contributed by atoms with E-state index in [1.807, 2.05) is 13.0 Å². The van der Waals surface area contributed by atoms with Gasteiger partial charge in [0.1, 0.15) is 0 Å². The van der Waals surface area contributed by atoms with Crippen molar-refractivity contribution in [2.45, 2.75) is 19.8 Å². The molecule has 1 aromatic rings. The number of halogens is 1. The summed E-state index contributed by atoms with van der Waals surface area (Å²) in [6, 6.07) is 5.35. The minimum Gasteiger partial charge on any atom is -0.325 e. The molecule has 0 atom stereocenters. The zero-order valence-electron chi connectivity index (χ0n) is 8.42. The number of rotatable bonds is 4. The van der Waals surface area contributed by atoms with Gasteiger partial charge in [-0.3, -0.25) is 9.59 Å². The van der Waals surface area contributed by atoms with Crippen LogP contribution in [0.5, 0.6) is 0 Å². The normalized spacial score (nSPS) is 9.73. The van der Waals surface area contributed by atoms with Crippen LogP contribution in [0.15, 0.2) is 18.2 Å². The van der Waals surface area contributed by atoms with Crippen molar-refractivity contribution in [2.24, 2.45) is 0 Å². The largest absolute Gasteiger partial charge is 0.325 e. The Balaban J connectivity index is 2.84. The predicted octanol–water partition coefficient (Wildman–Crippen LogP) is 2.84. The molecule has 0 aliphatic rings. The lowest BCUT2D eigenvalue weighted by Crippen LogP contribution is -2.12. The topological polar surface area (TPSA) is 46.2 Å². The number of aldehydes is 1. The zero-order chi connectivity index (χ0) is 11.3. The third-order valence-corrected chi connectivity index (χ3v) is 2.56. The number of carbonyl (C=O) groups excluding carboxylic acids is 2. The van der Waals surface area contributed by atoms with Gasteiger partial charge in [-0.25, -0.2) is 0 Å². The summed E-state index contributed by atoms with van der Waals surface area (Å²) < 4.78 is 0.975. The fourth-order valence-electron chi connectivity index (χ4n) is 1.18. The van der Waals surface area contributed by atoms with Crippen LogP contribution in [0.3, 0.4) is 0 Å². The van der Waals surface area contributed by atoms with E-state index in [0.717, 1.165) is 16.3 Å². The zero-order valence-corrected chi connectivity index (χ0v) is 10.6. The molecule has 1 N–H and O–H groups in total. The van der Waals surface area contributed by atoms with Gasteiger partial charge in [0.2, 0.25) is 5.91 Å². The SMILES string of the molecule is CCCC(=O)Nc1ccc(I)cc1C=O. The molecule has 1 aromatic carbocycles. The number of hydrogen-bond donors (Lipinski definition) is 1. The molecule has 0 aromatic heterocycles. The van der Waals surface area contributed by atoms with Crippen molar-refractivity contribution in [3.05, 3.63) is 27.3 Å². The first kappa shape index (κ1) is 12.2. The fourth-order valence-corrected chi connectivity index (χ4v) is 1.70. The maximum Gasteiger partial charge on any atom is 0.224 e. The lowest BCUT2D eigenvalue weighted by molar-refractivity contribution is -0.116. The first-order valence-electron chi connectivity index (χ1n) is 4.72. The van der Waals surface area contributed by atoms with Gasteiger partial charge in [0.05, 0.1) is 5.69 Å². The summed E-state index contributed by atoms with van der Waals surface area (Å²) in [6.45, 7) is 1.94. The molecule has 0 spiro atoms. The Morgan fingerprint density at radius 2 is 2.27 bits per heavy atom. The molecule has 4 heteroatoms. The number of anilines is 1. The molecule has 0 fully saturated rings. The van der Waals surface area contributed by atoms with Crippen LogP contribution in [-0.4, -0.2) is 12.2 Å². The molecule has 0 saturated carbocycles. The van der Waals surface area contributed by atoms with Crippen LogP contribution >= 0.6 is 22.6 Å². The standard InChI is InChI=1S/C11H12INO2/c1-2-3-11(15)13-10-5-4-9(12)6-8(10)7-14/h4-7H,2-3H2,1H3,(H,13,15). The molecular formula is C11H12INO2. The minimum atomic E-state index is -0.0539. The van der Waals surface area contributed by atoms with Gasteiger partial charge in [-0.05, 0) is 47.2 Å². The molecule has 80 valence electrons. The highest BCUT2D eigenvalue weighted by molar-refractivity contribution is 14.1. The second-order valence-corrected chi connectivity index (χ2v) is 4.39. The Hall–Kier alpha value is -0.910. The first-order chi connectivity index (χ1) is 7.17. The number of amides is 1. The van der Waals surface area contributed by atoms with Gasteiger partial charge in [-0.2, -0.15) is 0 Å². The monoisotopic (exact) mass is 317 g/mol. The summed E-state index contributed by atoms with van der Waals surface area (Å²) in [7, 11) is 0. The van der Waals surface area contributed by atoms with Gasteiger partial charge in [0.25, 0.3) is 0 Å². The summed E-state index contributed by atoms with van der Waals surface area (Å²) in [5, 5.41) is 2.72. The van der Waals surface area contributed by atoms with E-state index < -0.39 is 0 Å². The van der Waals surface area contributed by atoms with Crippen LogP contribution in [0, 0.1) is 3.57 Å². The summed E-state index contributed by atoms with van der Waals surface area (Å²) in [6.07, 6.45) is 2.03. The highest BCUT2D eigenvalue weighted by Gasteiger charge is 2.05. The van der Waals surface area contributed by atoms with Crippen LogP contribution < -0.4 is 5.32 Å². The van der Waals surface area contributed by atoms with Gasteiger partial charge in [0, 0.05) is 15.6 Å². The van der Waals surface area contributed by atoms with Crippen LogP contribution in [-0.2, 0) is 4.79 Å². The second kappa shape index (κ2) is 5.85. The third-order valence-electron chi connectivity index (χ3n) is 1.89. The van der Waals surface area contributed by atoms with Gasteiger partial charge in [0.15, 0.2) is 6.29 Å². The number of benzene rings is 1. The summed E-state index contributed by atoms with van der Waals surface area (Å²) in [4.78, 5) is 22.1. The number of nitrogens with one attached hydrogen (secondary N) is 1. The van der Waals surface area contributed by atoms with E-state index in [0.29, 0.717) is 17.7 Å². The smallest absolute Gasteiger partial charge is 0.224 e. The van der Waals surface area contributed by atoms with Crippen molar-refractivity contribution < 1.29 is 9.59 Å². The predicted molar refractivity (Wildman–Crippen MR) is 68.1 cm³/mol. The van der Waals surface area contributed by atoms with E-state index in [1.165, 1.54) is 0 Å². The van der Waals surface area contributed by atoms with E-state index in [9.17, 15) is 9.59 Å². The molecule has 1 amide bonds. The van der Waals surface area contributed by atoms with Crippen molar-refractivity contribution in [3.8, 4) is 0 Å². The molecule has 0 radical (unpaired) electrons. The Kier molecular flexibility index (Phi) is 4.74. The van der Waals surface area contributed by atoms with Gasteiger partial charge in [-0.15, -0.1) is 0 Å². The van der Waals surface area contributed by atoms with Crippen LogP contribution in [0.25, 0.3) is 0 Å². The molecule has 0 unspecified atom stereocenters. The Bertz CT molecular complexity index is 377. The van der Waals surface area contributed by atoms with Crippen LogP contribution in [0.1, 0.15) is 30.1 Å². The lowest BCUT2D eigenvalue weighted by Gasteiger charge is -2.07. The van der Waals surface area contributed by atoms with Crippen molar-refractivity contribution in [1.29, 1.82) is 0 Å². The van der Waals surface area contributed by atoms with E-state index >= 15 is 0 Å². The average Bonchev–Trinajstić information content (AvgIpc) is 2.21. The molecular weight excluding hydrogens is 305 g/mol. The first-order valence-corrected chi connectivity index (χ1v) is 5.79.